The smallest absolute Gasteiger partial charge is 0.344 e. The van der Waals surface area contributed by atoms with Crippen LogP contribution >= 0.6 is 0 Å². The lowest BCUT2D eigenvalue weighted by molar-refractivity contribution is -0.154. The minimum absolute atomic E-state index is 0.531. The van der Waals surface area contributed by atoms with Gasteiger partial charge in [-0.25, -0.2) is 4.79 Å². The zero-order valence-electron chi connectivity index (χ0n) is 10.4. The van der Waals surface area contributed by atoms with Crippen molar-refractivity contribution in [3.63, 3.8) is 0 Å². The molecule has 1 aromatic rings. The van der Waals surface area contributed by atoms with Crippen LogP contribution in [-0.2, 0) is 14.3 Å². The van der Waals surface area contributed by atoms with Gasteiger partial charge >= 0.3 is 5.97 Å². The molecular weight excluding hydrogens is 238 g/mol. The van der Waals surface area contributed by atoms with Crippen LogP contribution in [0.3, 0.4) is 0 Å². The quantitative estimate of drug-likeness (QED) is 0.612. The van der Waals surface area contributed by atoms with E-state index in [-0.39, 0.29) is 0 Å². The maximum atomic E-state index is 11.7. The molecule has 0 saturated heterocycles. The van der Waals surface area contributed by atoms with Gasteiger partial charge in [0.25, 0.3) is 5.91 Å². The fourth-order valence-corrected chi connectivity index (χ4v) is 1.33. The molecule has 1 unspecified atom stereocenters. The molecule has 1 amide bonds. The normalized spacial score (nSPS) is 11.6. The number of benzene rings is 1. The van der Waals surface area contributed by atoms with Gasteiger partial charge in [0.1, 0.15) is 5.75 Å². The van der Waals surface area contributed by atoms with Crippen molar-refractivity contribution in [2.45, 2.75) is 6.10 Å². The fraction of sp³-hybridized carbons (Fsp3) is 0.333. The lowest BCUT2D eigenvalue weighted by Gasteiger charge is -2.19. The molecule has 0 heterocycles. The Bertz CT molecular complexity index is 429. The third-order valence-electron chi connectivity index (χ3n) is 2.45. The molecule has 1 atom stereocenters. The fourth-order valence-electron chi connectivity index (χ4n) is 1.33. The number of hydrogen-bond acceptors (Lipinski definition) is 5. The predicted octanol–water partition coefficient (Wildman–Crippen LogP) is 0.192. The standard InChI is InChI=1S/C12H15NO5/c1-13(11(15)10(14)12(16)18-3)8-4-6-9(17-2)7-5-8/h4-7,10,14H,1-3H3. The molecule has 0 spiro atoms. The summed E-state index contributed by atoms with van der Waals surface area (Å²) in [4.78, 5) is 24.0. The number of carbonyl (C=O) groups is 2. The summed E-state index contributed by atoms with van der Waals surface area (Å²) < 4.78 is 9.28. The first-order valence-corrected chi connectivity index (χ1v) is 5.18. The van der Waals surface area contributed by atoms with Crippen molar-refractivity contribution in [1.82, 2.24) is 0 Å². The van der Waals surface area contributed by atoms with Gasteiger partial charge < -0.3 is 19.5 Å². The summed E-state index contributed by atoms with van der Waals surface area (Å²) in [5, 5.41) is 9.43. The molecular formula is C12H15NO5. The van der Waals surface area contributed by atoms with Crippen molar-refractivity contribution in [2.75, 3.05) is 26.2 Å². The van der Waals surface area contributed by atoms with Crippen LogP contribution in [0.1, 0.15) is 0 Å². The summed E-state index contributed by atoms with van der Waals surface area (Å²) in [6, 6.07) is 6.62. The van der Waals surface area contributed by atoms with Crippen LogP contribution in [0.15, 0.2) is 24.3 Å². The first-order valence-electron chi connectivity index (χ1n) is 5.18. The molecule has 6 heteroatoms. The summed E-state index contributed by atoms with van der Waals surface area (Å²) in [5.41, 5.74) is 0.531. The summed E-state index contributed by atoms with van der Waals surface area (Å²) in [7, 11) is 4.09. The molecule has 18 heavy (non-hydrogen) atoms. The average molecular weight is 253 g/mol. The Hall–Kier alpha value is -2.08. The molecule has 0 aliphatic carbocycles. The van der Waals surface area contributed by atoms with Gasteiger partial charge in [0.15, 0.2) is 0 Å². The van der Waals surface area contributed by atoms with Crippen LogP contribution in [0.25, 0.3) is 0 Å². The molecule has 98 valence electrons. The number of carbonyl (C=O) groups excluding carboxylic acids is 2. The number of anilines is 1. The Morgan fingerprint density at radius 1 is 1.22 bits per heavy atom. The number of hydrogen-bond donors (Lipinski definition) is 1. The van der Waals surface area contributed by atoms with Crippen LogP contribution in [0, 0.1) is 0 Å². The molecule has 6 nitrogen and oxygen atoms in total. The van der Waals surface area contributed by atoms with Gasteiger partial charge in [0, 0.05) is 12.7 Å². The van der Waals surface area contributed by atoms with E-state index in [4.69, 9.17) is 4.74 Å². The van der Waals surface area contributed by atoms with Crippen LogP contribution in [-0.4, -0.2) is 44.4 Å². The zero-order valence-corrected chi connectivity index (χ0v) is 10.4. The van der Waals surface area contributed by atoms with E-state index >= 15 is 0 Å². The second kappa shape index (κ2) is 6.02. The number of aliphatic hydroxyl groups excluding tert-OH is 1. The summed E-state index contributed by atoms with van der Waals surface area (Å²) in [6.45, 7) is 0. The lowest BCUT2D eigenvalue weighted by Crippen LogP contribution is -2.41. The van der Waals surface area contributed by atoms with E-state index < -0.39 is 18.0 Å². The average Bonchev–Trinajstić information content (AvgIpc) is 2.44. The lowest BCUT2D eigenvalue weighted by atomic mass is 10.2. The molecule has 0 fully saturated rings. The number of aliphatic hydroxyl groups is 1. The van der Waals surface area contributed by atoms with Crippen molar-refractivity contribution in [3.05, 3.63) is 24.3 Å². The minimum atomic E-state index is -1.82. The van der Waals surface area contributed by atoms with E-state index in [9.17, 15) is 14.7 Å². The van der Waals surface area contributed by atoms with E-state index in [0.717, 1.165) is 7.11 Å². The Labute approximate surface area is 105 Å². The maximum absolute atomic E-state index is 11.7. The molecule has 1 rings (SSSR count). The summed E-state index contributed by atoms with van der Waals surface area (Å²) in [6.07, 6.45) is -1.82. The zero-order chi connectivity index (χ0) is 13.7. The summed E-state index contributed by atoms with van der Waals surface area (Å²) >= 11 is 0. The van der Waals surface area contributed by atoms with Crippen molar-refractivity contribution in [3.8, 4) is 5.75 Å². The third-order valence-corrected chi connectivity index (χ3v) is 2.45. The predicted molar refractivity (Wildman–Crippen MR) is 64.4 cm³/mol. The van der Waals surface area contributed by atoms with Gasteiger partial charge in [-0.05, 0) is 24.3 Å². The summed E-state index contributed by atoms with van der Waals surface area (Å²) in [5.74, 6) is -1.10. The number of rotatable bonds is 4. The second-order valence-corrected chi connectivity index (χ2v) is 3.52. The van der Waals surface area contributed by atoms with Gasteiger partial charge in [-0.2, -0.15) is 0 Å². The van der Waals surface area contributed by atoms with Gasteiger partial charge in [-0.3, -0.25) is 4.79 Å². The first kappa shape index (κ1) is 14.0. The van der Waals surface area contributed by atoms with Crippen molar-refractivity contribution < 1.29 is 24.2 Å². The first-order chi connectivity index (χ1) is 8.51. The Morgan fingerprint density at radius 3 is 2.22 bits per heavy atom. The minimum Gasteiger partial charge on any atom is -0.497 e. The van der Waals surface area contributed by atoms with E-state index in [1.54, 1.807) is 24.3 Å². The molecule has 0 radical (unpaired) electrons. The van der Waals surface area contributed by atoms with Crippen LogP contribution in [0.5, 0.6) is 5.75 Å². The molecule has 1 N–H and O–H groups in total. The molecule has 0 aliphatic rings. The molecule has 0 aliphatic heterocycles. The number of nitrogens with zero attached hydrogens (tertiary/aromatic N) is 1. The molecule has 1 aromatic carbocycles. The van der Waals surface area contributed by atoms with Crippen LogP contribution in [0.4, 0.5) is 5.69 Å². The van der Waals surface area contributed by atoms with Crippen molar-refractivity contribution in [2.24, 2.45) is 0 Å². The highest BCUT2D eigenvalue weighted by atomic mass is 16.5. The molecule has 0 bridgehead atoms. The number of amides is 1. The largest absolute Gasteiger partial charge is 0.497 e. The number of methoxy groups -OCH3 is 2. The highest BCUT2D eigenvalue weighted by molar-refractivity contribution is 6.08. The topological polar surface area (TPSA) is 76.1 Å². The highest BCUT2D eigenvalue weighted by Gasteiger charge is 2.28. The van der Waals surface area contributed by atoms with E-state index in [0.29, 0.717) is 11.4 Å². The van der Waals surface area contributed by atoms with Crippen LogP contribution in [0.2, 0.25) is 0 Å². The maximum Gasteiger partial charge on any atom is 0.344 e. The van der Waals surface area contributed by atoms with E-state index in [1.165, 1.54) is 19.1 Å². The van der Waals surface area contributed by atoms with Gasteiger partial charge in [-0.1, -0.05) is 0 Å². The van der Waals surface area contributed by atoms with E-state index in [1.807, 2.05) is 0 Å². The second-order valence-electron chi connectivity index (χ2n) is 3.52. The van der Waals surface area contributed by atoms with Gasteiger partial charge in [0.2, 0.25) is 6.10 Å². The number of likely N-dealkylation sites (N-methyl/N-ethyl adjacent to an activating group) is 1. The van der Waals surface area contributed by atoms with Crippen LogP contribution < -0.4 is 9.64 Å². The van der Waals surface area contributed by atoms with Gasteiger partial charge in [0.05, 0.1) is 14.2 Å². The number of esters is 1. The monoisotopic (exact) mass is 253 g/mol. The SMILES string of the molecule is COC(=O)C(O)C(=O)N(C)c1ccc(OC)cc1. The van der Waals surface area contributed by atoms with Crippen molar-refractivity contribution >= 4 is 17.6 Å². The Balaban J connectivity index is 2.82. The Kier molecular flexibility index (Phi) is 4.67. The number of ether oxygens (including phenoxy) is 2. The third kappa shape index (κ3) is 2.98. The highest BCUT2D eigenvalue weighted by Crippen LogP contribution is 2.18. The van der Waals surface area contributed by atoms with Gasteiger partial charge in [-0.15, -0.1) is 0 Å². The Morgan fingerprint density at radius 2 is 1.78 bits per heavy atom. The molecule has 0 aromatic heterocycles. The van der Waals surface area contributed by atoms with E-state index in [2.05, 4.69) is 4.74 Å². The molecule has 0 saturated carbocycles. The van der Waals surface area contributed by atoms with Crippen molar-refractivity contribution in [1.29, 1.82) is 0 Å².